The molecule has 0 saturated heterocycles. The number of aryl methyl sites for hydroxylation is 1. The van der Waals surface area contributed by atoms with E-state index in [0.29, 0.717) is 6.04 Å². The SMILES string of the molecule is COc1ccc(-c2cccc(C)c2)c(CNC(C)C)c1. The third-order valence-corrected chi connectivity index (χ3v) is 3.34. The largest absolute Gasteiger partial charge is 0.497 e. The van der Waals surface area contributed by atoms with Crippen molar-refractivity contribution in [2.75, 3.05) is 7.11 Å². The lowest BCUT2D eigenvalue weighted by molar-refractivity contribution is 0.414. The van der Waals surface area contributed by atoms with Crippen molar-refractivity contribution in [2.24, 2.45) is 0 Å². The van der Waals surface area contributed by atoms with Gasteiger partial charge in [-0.15, -0.1) is 0 Å². The van der Waals surface area contributed by atoms with Crippen molar-refractivity contribution in [1.29, 1.82) is 0 Å². The van der Waals surface area contributed by atoms with E-state index in [2.05, 4.69) is 62.5 Å². The van der Waals surface area contributed by atoms with Crippen LogP contribution in [0.15, 0.2) is 42.5 Å². The van der Waals surface area contributed by atoms with Crippen LogP contribution in [-0.4, -0.2) is 13.2 Å². The quantitative estimate of drug-likeness (QED) is 0.879. The molecule has 0 radical (unpaired) electrons. The summed E-state index contributed by atoms with van der Waals surface area (Å²) in [4.78, 5) is 0. The van der Waals surface area contributed by atoms with Crippen molar-refractivity contribution >= 4 is 0 Å². The predicted molar refractivity (Wildman–Crippen MR) is 85.1 cm³/mol. The zero-order chi connectivity index (χ0) is 14.5. The Morgan fingerprint density at radius 1 is 1.10 bits per heavy atom. The maximum absolute atomic E-state index is 5.35. The second-order valence-electron chi connectivity index (χ2n) is 5.43. The molecule has 0 aliphatic heterocycles. The van der Waals surface area contributed by atoms with E-state index in [1.54, 1.807) is 7.11 Å². The first-order valence-electron chi connectivity index (χ1n) is 7.07. The van der Waals surface area contributed by atoms with Crippen molar-refractivity contribution in [1.82, 2.24) is 5.32 Å². The fourth-order valence-corrected chi connectivity index (χ4v) is 2.25. The van der Waals surface area contributed by atoms with Crippen LogP contribution in [-0.2, 0) is 6.54 Å². The predicted octanol–water partition coefficient (Wildman–Crippen LogP) is 4.17. The molecular formula is C18H23NO. The van der Waals surface area contributed by atoms with Gasteiger partial charge in [-0.2, -0.15) is 0 Å². The zero-order valence-electron chi connectivity index (χ0n) is 12.7. The lowest BCUT2D eigenvalue weighted by atomic mass is 9.98. The Labute approximate surface area is 121 Å². The molecule has 0 atom stereocenters. The fraction of sp³-hybridized carbons (Fsp3) is 0.333. The average Bonchev–Trinajstić information content (AvgIpc) is 2.44. The molecule has 0 aromatic heterocycles. The van der Waals surface area contributed by atoms with E-state index in [9.17, 15) is 0 Å². The molecule has 0 saturated carbocycles. The van der Waals surface area contributed by atoms with Gasteiger partial charge >= 0.3 is 0 Å². The van der Waals surface area contributed by atoms with Gasteiger partial charge in [-0.1, -0.05) is 49.7 Å². The van der Waals surface area contributed by atoms with E-state index in [1.165, 1.54) is 22.3 Å². The number of hydrogen-bond donors (Lipinski definition) is 1. The third-order valence-electron chi connectivity index (χ3n) is 3.34. The second-order valence-corrected chi connectivity index (χ2v) is 5.43. The van der Waals surface area contributed by atoms with Gasteiger partial charge in [-0.3, -0.25) is 0 Å². The maximum Gasteiger partial charge on any atom is 0.119 e. The molecule has 0 aliphatic carbocycles. The van der Waals surface area contributed by atoms with Gasteiger partial charge in [0.15, 0.2) is 0 Å². The van der Waals surface area contributed by atoms with Crippen LogP contribution in [0.4, 0.5) is 0 Å². The van der Waals surface area contributed by atoms with Gasteiger partial charge in [0.1, 0.15) is 5.75 Å². The van der Waals surface area contributed by atoms with Crippen LogP contribution in [0.2, 0.25) is 0 Å². The molecule has 0 amide bonds. The highest BCUT2D eigenvalue weighted by Crippen LogP contribution is 2.28. The van der Waals surface area contributed by atoms with Crippen LogP contribution in [0, 0.1) is 6.92 Å². The van der Waals surface area contributed by atoms with Crippen molar-refractivity contribution < 1.29 is 4.74 Å². The number of methoxy groups -OCH3 is 1. The summed E-state index contributed by atoms with van der Waals surface area (Å²) in [5, 5.41) is 3.48. The molecule has 2 aromatic carbocycles. The monoisotopic (exact) mass is 269 g/mol. The topological polar surface area (TPSA) is 21.3 Å². The summed E-state index contributed by atoms with van der Waals surface area (Å²) in [5.41, 5.74) is 5.07. The van der Waals surface area contributed by atoms with Crippen molar-refractivity contribution in [2.45, 2.75) is 33.4 Å². The molecule has 0 bridgehead atoms. The summed E-state index contributed by atoms with van der Waals surface area (Å²) in [5.74, 6) is 0.905. The minimum atomic E-state index is 0.464. The Bertz CT molecular complexity index is 575. The molecule has 20 heavy (non-hydrogen) atoms. The van der Waals surface area contributed by atoms with Gasteiger partial charge in [-0.05, 0) is 35.7 Å². The van der Waals surface area contributed by atoms with Crippen molar-refractivity contribution in [3.05, 3.63) is 53.6 Å². The number of nitrogens with one attached hydrogen (secondary N) is 1. The van der Waals surface area contributed by atoms with Crippen LogP contribution in [0.25, 0.3) is 11.1 Å². The van der Waals surface area contributed by atoms with Gasteiger partial charge in [0.2, 0.25) is 0 Å². The molecule has 0 unspecified atom stereocenters. The summed E-state index contributed by atoms with van der Waals surface area (Å²) >= 11 is 0. The minimum Gasteiger partial charge on any atom is -0.497 e. The first-order chi connectivity index (χ1) is 9.60. The molecule has 0 spiro atoms. The summed E-state index contributed by atoms with van der Waals surface area (Å²) in [6.45, 7) is 7.29. The normalized spacial score (nSPS) is 10.8. The minimum absolute atomic E-state index is 0.464. The first-order valence-corrected chi connectivity index (χ1v) is 7.07. The van der Waals surface area contributed by atoms with Crippen LogP contribution in [0.3, 0.4) is 0 Å². The Hall–Kier alpha value is -1.80. The highest BCUT2D eigenvalue weighted by molar-refractivity contribution is 5.69. The Morgan fingerprint density at radius 3 is 2.55 bits per heavy atom. The van der Waals surface area contributed by atoms with Gasteiger partial charge in [0.25, 0.3) is 0 Å². The van der Waals surface area contributed by atoms with E-state index < -0.39 is 0 Å². The molecule has 106 valence electrons. The number of hydrogen-bond acceptors (Lipinski definition) is 2. The standard InChI is InChI=1S/C18H23NO/c1-13(2)19-12-16-11-17(20-4)8-9-18(16)15-7-5-6-14(3)10-15/h5-11,13,19H,12H2,1-4H3. The van der Waals surface area contributed by atoms with E-state index in [1.807, 2.05) is 6.07 Å². The second kappa shape index (κ2) is 6.58. The highest BCUT2D eigenvalue weighted by Gasteiger charge is 2.07. The number of rotatable bonds is 5. The number of ether oxygens (including phenoxy) is 1. The lowest BCUT2D eigenvalue weighted by Gasteiger charge is -2.14. The van der Waals surface area contributed by atoms with Gasteiger partial charge < -0.3 is 10.1 Å². The van der Waals surface area contributed by atoms with Crippen LogP contribution in [0.1, 0.15) is 25.0 Å². The van der Waals surface area contributed by atoms with E-state index >= 15 is 0 Å². The van der Waals surface area contributed by atoms with E-state index in [4.69, 9.17) is 4.74 Å². The van der Waals surface area contributed by atoms with Crippen molar-refractivity contribution in [3.8, 4) is 16.9 Å². The molecule has 0 aliphatic rings. The van der Waals surface area contributed by atoms with Gasteiger partial charge in [0.05, 0.1) is 7.11 Å². The summed E-state index contributed by atoms with van der Waals surface area (Å²) < 4.78 is 5.35. The number of benzene rings is 2. The summed E-state index contributed by atoms with van der Waals surface area (Å²) in [6.07, 6.45) is 0. The van der Waals surface area contributed by atoms with Crippen LogP contribution >= 0.6 is 0 Å². The molecule has 0 heterocycles. The Balaban J connectivity index is 2.40. The average molecular weight is 269 g/mol. The van der Waals surface area contributed by atoms with Crippen LogP contribution in [0.5, 0.6) is 5.75 Å². The highest BCUT2D eigenvalue weighted by atomic mass is 16.5. The zero-order valence-corrected chi connectivity index (χ0v) is 12.7. The first kappa shape index (κ1) is 14.6. The molecule has 0 fully saturated rings. The molecular weight excluding hydrogens is 246 g/mol. The molecule has 2 nitrogen and oxygen atoms in total. The Kier molecular flexibility index (Phi) is 4.80. The molecule has 2 rings (SSSR count). The summed E-state index contributed by atoms with van der Waals surface area (Å²) in [6, 6.07) is 15.4. The van der Waals surface area contributed by atoms with E-state index in [-0.39, 0.29) is 0 Å². The Morgan fingerprint density at radius 2 is 1.90 bits per heavy atom. The molecule has 2 aromatic rings. The summed E-state index contributed by atoms with van der Waals surface area (Å²) in [7, 11) is 1.71. The fourth-order valence-electron chi connectivity index (χ4n) is 2.25. The molecule has 1 N–H and O–H groups in total. The smallest absolute Gasteiger partial charge is 0.119 e. The lowest BCUT2D eigenvalue weighted by Crippen LogP contribution is -2.22. The van der Waals surface area contributed by atoms with Crippen LogP contribution < -0.4 is 10.1 Å². The maximum atomic E-state index is 5.35. The van der Waals surface area contributed by atoms with Gasteiger partial charge in [-0.25, -0.2) is 0 Å². The van der Waals surface area contributed by atoms with Gasteiger partial charge in [0, 0.05) is 12.6 Å². The van der Waals surface area contributed by atoms with E-state index in [0.717, 1.165) is 12.3 Å². The van der Waals surface area contributed by atoms with Crippen molar-refractivity contribution in [3.63, 3.8) is 0 Å². The molecule has 2 heteroatoms. The third kappa shape index (κ3) is 3.61.